The zero-order chi connectivity index (χ0) is 24.1. The van der Waals surface area contributed by atoms with Gasteiger partial charge in [-0.25, -0.2) is 8.42 Å². The van der Waals surface area contributed by atoms with Crippen molar-refractivity contribution in [3.63, 3.8) is 0 Å². The lowest BCUT2D eigenvalue weighted by Gasteiger charge is -2.26. The molecule has 1 N–H and O–H groups in total. The maximum absolute atomic E-state index is 12.8. The van der Waals surface area contributed by atoms with Crippen LogP contribution in [0.25, 0.3) is 5.70 Å². The van der Waals surface area contributed by atoms with Crippen LogP contribution >= 0.6 is 0 Å². The fourth-order valence-electron chi connectivity index (χ4n) is 4.20. The van der Waals surface area contributed by atoms with Crippen LogP contribution in [0.5, 0.6) is 11.5 Å². The maximum atomic E-state index is 12.8. The summed E-state index contributed by atoms with van der Waals surface area (Å²) in [5, 5.41) is 3.31. The molecule has 2 aromatic carbocycles. The molecule has 4 rings (SSSR count). The van der Waals surface area contributed by atoms with Gasteiger partial charge in [0.2, 0.25) is 10.0 Å². The number of carbonyl (C=O) groups is 1. The summed E-state index contributed by atoms with van der Waals surface area (Å²) in [5.74, 6) is 1.29. The number of carbonyl (C=O) groups excluding carboxylic acids is 1. The van der Waals surface area contributed by atoms with Gasteiger partial charge in [-0.15, -0.1) is 0 Å². The van der Waals surface area contributed by atoms with Crippen molar-refractivity contribution in [3.8, 4) is 11.5 Å². The van der Waals surface area contributed by atoms with Gasteiger partial charge in [0.25, 0.3) is 0 Å². The number of fused-ring (bicyclic) bond motifs is 1. The fourth-order valence-corrected chi connectivity index (χ4v) is 5.61. The van der Waals surface area contributed by atoms with Crippen molar-refractivity contribution in [2.45, 2.75) is 24.2 Å². The van der Waals surface area contributed by atoms with Crippen LogP contribution in [-0.4, -0.2) is 65.6 Å². The topological polar surface area (TPSA) is 94.2 Å². The van der Waals surface area contributed by atoms with Crippen molar-refractivity contribution in [1.82, 2.24) is 9.62 Å². The molecule has 0 saturated carbocycles. The van der Waals surface area contributed by atoms with E-state index in [-0.39, 0.29) is 10.7 Å². The predicted octanol–water partition coefficient (Wildman–Crippen LogP) is 2.41. The van der Waals surface area contributed by atoms with Gasteiger partial charge in [-0.2, -0.15) is 4.31 Å². The molecule has 8 nitrogen and oxygen atoms in total. The molecule has 2 aromatic rings. The molecule has 0 spiro atoms. The molecule has 182 valence electrons. The van der Waals surface area contributed by atoms with Crippen LogP contribution in [0.1, 0.15) is 23.1 Å². The summed E-state index contributed by atoms with van der Waals surface area (Å²) in [7, 11) is -0.322. The molecule has 2 heterocycles. The van der Waals surface area contributed by atoms with E-state index in [4.69, 9.17) is 14.2 Å². The zero-order valence-electron chi connectivity index (χ0n) is 19.5. The standard InChI is InChI=1S/C25H30N2O6S/c1-31-24-15-19-9-10-26-23(22(19)17-25(24)32-2)16-20(28)6-3-18-4-7-21(8-5-18)34(29,30)27-11-13-33-14-12-27/h4-5,7-8,15-17,26H,3,6,9-14H2,1-2H3. The molecule has 0 radical (unpaired) electrons. The lowest BCUT2D eigenvalue weighted by Crippen LogP contribution is -2.40. The largest absolute Gasteiger partial charge is 0.493 e. The minimum Gasteiger partial charge on any atom is -0.493 e. The summed E-state index contributed by atoms with van der Waals surface area (Å²) in [5.41, 5.74) is 3.73. The molecule has 2 aliphatic rings. The minimum absolute atomic E-state index is 0.00449. The van der Waals surface area contributed by atoms with Gasteiger partial charge in [-0.05, 0) is 48.2 Å². The Hall–Kier alpha value is -2.88. The van der Waals surface area contributed by atoms with Gasteiger partial charge < -0.3 is 19.5 Å². The Kier molecular flexibility index (Phi) is 7.55. The molecular formula is C25H30N2O6S. The van der Waals surface area contributed by atoms with Crippen molar-refractivity contribution in [2.75, 3.05) is 47.1 Å². The third-order valence-electron chi connectivity index (χ3n) is 6.11. The smallest absolute Gasteiger partial charge is 0.243 e. The van der Waals surface area contributed by atoms with E-state index in [0.717, 1.165) is 35.4 Å². The molecule has 0 unspecified atom stereocenters. The number of aryl methyl sites for hydroxylation is 1. The number of nitrogens with zero attached hydrogens (tertiary/aromatic N) is 1. The first-order valence-electron chi connectivity index (χ1n) is 11.3. The number of hydrogen-bond acceptors (Lipinski definition) is 7. The molecular weight excluding hydrogens is 456 g/mol. The Balaban J connectivity index is 1.42. The number of hydrogen-bond donors (Lipinski definition) is 1. The Morgan fingerprint density at radius 3 is 2.44 bits per heavy atom. The summed E-state index contributed by atoms with van der Waals surface area (Å²) in [6.45, 7) is 2.29. The van der Waals surface area contributed by atoms with Crippen LogP contribution < -0.4 is 14.8 Å². The minimum atomic E-state index is -3.52. The predicted molar refractivity (Wildman–Crippen MR) is 129 cm³/mol. The number of morpholine rings is 1. The second-order valence-corrected chi connectivity index (χ2v) is 10.2. The fraction of sp³-hybridized carbons (Fsp3) is 0.400. The molecule has 0 amide bonds. The molecule has 0 bridgehead atoms. The van der Waals surface area contributed by atoms with Crippen LogP contribution in [0.15, 0.2) is 47.4 Å². The van der Waals surface area contributed by atoms with E-state index < -0.39 is 10.0 Å². The quantitative estimate of drug-likeness (QED) is 0.573. The van der Waals surface area contributed by atoms with Gasteiger partial charge in [-0.1, -0.05) is 12.1 Å². The first kappa shape index (κ1) is 24.3. The van der Waals surface area contributed by atoms with Gasteiger partial charge in [-0.3, -0.25) is 4.79 Å². The summed E-state index contributed by atoms with van der Waals surface area (Å²) in [6.07, 6.45) is 3.32. The van der Waals surface area contributed by atoms with Gasteiger partial charge in [0.05, 0.1) is 32.3 Å². The van der Waals surface area contributed by atoms with E-state index in [1.807, 2.05) is 12.1 Å². The molecule has 2 aliphatic heterocycles. The number of ketones is 1. The van der Waals surface area contributed by atoms with E-state index in [1.54, 1.807) is 44.6 Å². The molecule has 34 heavy (non-hydrogen) atoms. The van der Waals surface area contributed by atoms with Crippen molar-refractivity contribution in [2.24, 2.45) is 0 Å². The van der Waals surface area contributed by atoms with Gasteiger partial charge >= 0.3 is 0 Å². The highest BCUT2D eigenvalue weighted by Crippen LogP contribution is 2.34. The van der Waals surface area contributed by atoms with Gasteiger partial charge in [0, 0.05) is 43.4 Å². The molecule has 0 atom stereocenters. The van der Waals surface area contributed by atoms with Crippen LogP contribution in [0, 0.1) is 0 Å². The zero-order valence-corrected chi connectivity index (χ0v) is 20.3. The van der Waals surface area contributed by atoms with Crippen molar-refractivity contribution >= 4 is 21.5 Å². The summed E-state index contributed by atoms with van der Waals surface area (Å²) in [4.78, 5) is 13.0. The van der Waals surface area contributed by atoms with E-state index >= 15 is 0 Å². The van der Waals surface area contributed by atoms with Gasteiger partial charge in [0.15, 0.2) is 17.3 Å². The molecule has 1 saturated heterocycles. The van der Waals surface area contributed by atoms with Crippen molar-refractivity contribution in [3.05, 3.63) is 59.2 Å². The molecule has 9 heteroatoms. The monoisotopic (exact) mass is 486 g/mol. The number of rotatable bonds is 8. The van der Waals surface area contributed by atoms with Crippen LogP contribution in [0.3, 0.4) is 0 Å². The highest BCUT2D eigenvalue weighted by Gasteiger charge is 2.26. The van der Waals surface area contributed by atoms with E-state index in [0.29, 0.717) is 50.6 Å². The van der Waals surface area contributed by atoms with E-state index in [9.17, 15) is 13.2 Å². The SMILES string of the molecule is COc1cc2c(cc1OC)C(=CC(=O)CCc1ccc(S(=O)(=O)N3CCOCC3)cc1)NCC2. The highest BCUT2D eigenvalue weighted by atomic mass is 32.2. The normalized spacial score (nSPS) is 17.6. The number of allylic oxidation sites excluding steroid dienone is 1. The Morgan fingerprint density at radius 1 is 1.09 bits per heavy atom. The average Bonchev–Trinajstić information content (AvgIpc) is 2.87. The highest BCUT2D eigenvalue weighted by molar-refractivity contribution is 7.89. The molecule has 0 aliphatic carbocycles. The number of sulfonamides is 1. The number of ether oxygens (including phenoxy) is 3. The third kappa shape index (κ3) is 5.27. The van der Waals surface area contributed by atoms with E-state index in [2.05, 4.69) is 5.32 Å². The third-order valence-corrected chi connectivity index (χ3v) is 8.02. The second-order valence-electron chi connectivity index (χ2n) is 8.23. The Bertz CT molecular complexity index is 1170. The lowest BCUT2D eigenvalue weighted by molar-refractivity contribution is -0.114. The second kappa shape index (κ2) is 10.6. The van der Waals surface area contributed by atoms with Crippen LogP contribution in [0.4, 0.5) is 0 Å². The number of nitrogens with one attached hydrogen (secondary N) is 1. The number of benzene rings is 2. The Morgan fingerprint density at radius 2 is 1.76 bits per heavy atom. The van der Waals surface area contributed by atoms with Gasteiger partial charge in [0.1, 0.15) is 0 Å². The Labute approximate surface area is 200 Å². The van der Waals surface area contributed by atoms with E-state index in [1.165, 1.54) is 4.31 Å². The van der Waals surface area contributed by atoms with Crippen LogP contribution in [-0.2, 0) is 32.4 Å². The summed E-state index contributed by atoms with van der Waals surface area (Å²) >= 11 is 0. The summed E-state index contributed by atoms with van der Waals surface area (Å²) in [6, 6.07) is 10.6. The average molecular weight is 487 g/mol. The summed E-state index contributed by atoms with van der Waals surface area (Å²) < 4.78 is 43.0. The lowest BCUT2D eigenvalue weighted by atomic mass is 9.96. The maximum Gasteiger partial charge on any atom is 0.243 e. The molecule has 1 fully saturated rings. The number of methoxy groups -OCH3 is 2. The van der Waals surface area contributed by atoms with Crippen molar-refractivity contribution in [1.29, 1.82) is 0 Å². The van der Waals surface area contributed by atoms with Crippen molar-refractivity contribution < 1.29 is 27.4 Å². The first-order valence-corrected chi connectivity index (χ1v) is 12.8. The first-order chi connectivity index (χ1) is 16.4. The van der Waals surface area contributed by atoms with Crippen LogP contribution in [0.2, 0.25) is 0 Å². The molecule has 0 aromatic heterocycles.